The average Bonchev–Trinajstić information content (AvgIpc) is 2.67. The average molecular weight is 239 g/mol. The normalized spacial score (nSPS) is 11.1. The highest BCUT2D eigenvalue weighted by Gasteiger charge is 2.03. The first-order valence-corrected chi connectivity index (χ1v) is 5.76. The predicted molar refractivity (Wildman–Crippen MR) is 66.7 cm³/mol. The maximum Gasteiger partial charge on any atom is 0.0472 e. The van der Waals surface area contributed by atoms with Crippen LogP contribution in [-0.4, -0.2) is 23.2 Å². The van der Waals surface area contributed by atoms with E-state index >= 15 is 0 Å². The van der Waals surface area contributed by atoms with E-state index in [0.717, 1.165) is 30.0 Å². The molecule has 0 aliphatic heterocycles. The molecule has 2 rings (SSSR count). The van der Waals surface area contributed by atoms with Gasteiger partial charge in [0.1, 0.15) is 0 Å². The molecule has 0 bridgehead atoms. The zero-order valence-corrected chi connectivity index (χ0v) is 9.72. The van der Waals surface area contributed by atoms with Gasteiger partial charge in [0.15, 0.2) is 0 Å². The number of hydrogen-bond acceptors (Lipinski definition) is 2. The van der Waals surface area contributed by atoms with Gasteiger partial charge in [-0.05, 0) is 30.7 Å². The van der Waals surface area contributed by atoms with Crippen molar-refractivity contribution in [3.05, 3.63) is 35.0 Å². The lowest BCUT2D eigenvalue weighted by atomic mass is 10.2. The second kappa shape index (κ2) is 5.34. The third kappa shape index (κ3) is 2.55. The van der Waals surface area contributed by atoms with Gasteiger partial charge in [0.2, 0.25) is 0 Å². The number of aromatic nitrogens is 1. The number of aliphatic hydroxyl groups is 1. The quantitative estimate of drug-likeness (QED) is 0.700. The Labute approximate surface area is 99.4 Å². The summed E-state index contributed by atoms with van der Waals surface area (Å²) in [4.78, 5) is 3.20. The smallest absolute Gasteiger partial charge is 0.0472 e. The fourth-order valence-electron chi connectivity index (χ4n) is 1.73. The number of halogens is 1. The van der Waals surface area contributed by atoms with Crippen LogP contribution >= 0.6 is 11.6 Å². The summed E-state index contributed by atoms with van der Waals surface area (Å²) in [5.74, 6) is 0. The Morgan fingerprint density at radius 3 is 3.06 bits per heavy atom. The summed E-state index contributed by atoms with van der Waals surface area (Å²) in [6.45, 7) is 1.87. The molecule has 0 saturated carbocycles. The SMILES string of the molecule is OCCCNCc1c[nH]c2cc(Cl)ccc12. The van der Waals surface area contributed by atoms with Crippen molar-refractivity contribution >= 4 is 22.5 Å². The number of fused-ring (bicyclic) bond motifs is 1. The molecule has 3 nitrogen and oxygen atoms in total. The predicted octanol–water partition coefficient (Wildman–Crippen LogP) is 2.29. The Kier molecular flexibility index (Phi) is 3.83. The molecule has 1 aromatic carbocycles. The number of nitrogens with one attached hydrogen (secondary N) is 2. The fraction of sp³-hybridized carbons (Fsp3) is 0.333. The topological polar surface area (TPSA) is 48.0 Å². The number of H-pyrrole nitrogens is 1. The first kappa shape index (κ1) is 11.5. The van der Waals surface area contributed by atoms with E-state index < -0.39 is 0 Å². The third-order valence-electron chi connectivity index (χ3n) is 2.56. The Morgan fingerprint density at radius 2 is 2.25 bits per heavy atom. The van der Waals surface area contributed by atoms with Crippen LogP contribution in [0.4, 0.5) is 0 Å². The van der Waals surface area contributed by atoms with Gasteiger partial charge >= 0.3 is 0 Å². The molecule has 0 atom stereocenters. The van der Waals surface area contributed by atoms with Crippen molar-refractivity contribution in [2.45, 2.75) is 13.0 Å². The molecule has 0 fully saturated rings. The van der Waals surface area contributed by atoms with Crippen LogP contribution in [0.15, 0.2) is 24.4 Å². The molecule has 86 valence electrons. The second-order valence-corrected chi connectivity index (χ2v) is 4.19. The van der Waals surface area contributed by atoms with Crippen LogP contribution in [0.3, 0.4) is 0 Å². The van der Waals surface area contributed by atoms with Crippen molar-refractivity contribution in [2.75, 3.05) is 13.2 Å². The minimum absolute atomic E-state index is 0.233. The van der Waals surface area contributed by atoms with Gasteiger partial charge in [0, 0.05) is 35.3 Å². The molecule has 1 aromatic heterocycles. The Balaban J connectivity index is 2.07. The third-order valence-corrected chi connectivity index (χ3v) is 2.79. The first-order chi connectivity index (χ1) is 7.81. The highest BCUT2D eigenvalue weighted by atomic mass is 35.5. The molecule has 2 aromatic rings. The van der Waals surface area contributed by atoms with Gasteiger partial charge in [-0.15, -0.1) is 0 Å². The number of rotatable bonds is 5. The number of hydrogen-bond donors (Lipinski definition) is 3. The molecule has 0 aliphatic rings. The summed E-state index contributed by atoms with van der Waals surface area (Å²) in [6, 6.07) is 5.85. The van der Waals surface area contributed by atoms with Crippen LogP contribution in [-0.2, 0) is 6.54 Å². The van der Waals surface area contributed by atoms with Crippen molar-refractivity contribution in [1.82, 2.24) is 10.3 Å². The van der Waals surface area contributed by atoms with Gasteiger partial charge in [-0.1, -0.05) is 17.7 Å². The van der Waals surface area contributed by atoms with Crippen LogP contribution in [0.25, 0.3) is 10.9 Å². The highest BCUT2D eigenvalue weighted by molar-refractivity contribution is 6.31. The van der Waals surface area contributed by atoms with E-state index in [0.29, 0.717) is 0 Å². The molecule has 0 unspecified atom stereocenters. The second-order valence-electron chi connectivity index (χ2n) is 3.76. The van der Waals surface area contributed by atoms with Gasteiger partial charge in [0.25, 0.3) is 0 Å². The van der Waals surface area contributed by atoms with Gasteiger partial charge < -0.3 is 15.4 Å². The van der Waals surface area contributed by atoms with Crippen molar-refractivity contribution < 1.29 is 5.11 Å². The lowest BCUT2D eigenvalue weighted by Crippen LogP contribution is -2.15. The van der Waals surface area contributed by atoms with E-state index in [2.05, 4.69) is 10.3 Å². The highest BCUT2D eigenvalue weighted by Crippen LogP contribution is 2.21. The van der Waals surface area contributed by atoms with Crippen LogP contribution in [0.2, 0.25) is 5.02 Å². The molecule has 16 heavy (non-hydrogen) atoms. The fourth-order valence-corrected chi connectivity index (χ4v) is 1.90. The van der Waals surface area contributed by atoms with E-state index in [9.17, 15) is 0 Å². The van der Waals surface area contributed by atoms with Crippen LogP contribution in [0.5, 0.6) is 0 Å². The van der Waals surface area contributed by atoms with Crippen molar-refractivity contribution in [1.29, 1.82) is 0 Å². The lowest BCUT2D eigenvalue weighted by molar-refractivity contribution is 0.286. The Morgan fingerprint density at radius 1 is 1.38 bits per heavy atom. The summed E-state index contributed by atoms with van der Waals surface area (Å²) in [7, 11) is 0. The zero-order chi connectivity index (χ0) is 11.4. The molecular formula is C12H15ClN2O. The van der Waals surface area contributed by atoms with E-state index in [1.165, 1.54) is 10.9 Å². The summed E-state index contributed by atoms with van der Waals surface area (Å²) in [5, 5.41) is 13.9. The summed E-state index contributed by atoms with van der Waals surface area (Å²) >= 11 is 5.91. The van der Waals surface area contributed by atoms with Gasteiger partial charge in [-0.2, -0.15) is 0 Å². The minimum Gasteiger partial charge on any atom is -0.396 e. The molecular weight excluding hydrogens is 224 g/mol. The van der Waals surface area contributed by atoms with E-state index in [1.807, 2.05) is 24.4 Å². The van der Waals surface area contributed by atoms with Crippen molar-refractivity contribution in [3.63, 3.8) is 0 Å². The molecule has 4 heteroatoms. The molecule has 0 saturated heterocycles. The lowest BCUT2D eigenvalue weighted by Gasteiger charge is -2.02. The number of aromatic amines is 1. The van der Waals surface area contributed by atoms with Crippen LogP contribution in [0.1, 0.15) is 12.0 Å². The molecule has 0 spiro atoms. The summed E-state index contributed by atoms with van der Waals surface area (Å²) in [5.41, 5.74) is 2.29. The molecule has 1 heterocycles. The maximum atomic E-state index is 8.66. The van der Waals surface area contributed by atoms with Crippen LogP contribution in [0, 0.1) is 0 Å². The summed E-state index contributed by atoms with van der Waals surface area (Å²) in [6.07, 6.45) is 2.78. The van der Waals surface area contributed by atoms with E-state index in [1.54, 1.807) is 0 Å². The van der Waals surface area contributed by atoms with Gasteiger partial charge in [-0.25, -0.2) is 0 Å². The minimum atomic E-state index is 0.233. The maximum absolute atomic E-state index is 8.66. The van der Waals surface area contributed by atoms with Crippen molar-refractivity contribution in [3.8, 4) is 0 Å². The summed E-state index contributed by atoms with van der Waals surface area (Å²) < 4.78 is 0. The molecule has 0 aliphatic carbocycles. The largest absolute Gasteiger partial charge is 0.396 e. The molecule has 0 radical (unpaired) electrons. The van der Waals surface area contributed by atoms with Crippen molar-refractivity contribution in [2.24, 2.45) is 0 Å². The van der Waals surface area contributed by atoms with Gasteiger partial charge in [0.05, 0.1) is 0 Å². The van der Waals surface area contributed by atoms with Gasteiger partial charge in [-0.3, -0.25) is 0 Å². The van der Waals surface area contributed by atoms with Crippen LogP contribution < -0.4 is 5.32 Å². The zero-order valence-electron chi connectivity index (χ0n) is 8.96. The van der Waals surface area contributed by atoms with E-state index in [4.69, 9.17) is 16.7 Å². The van der Waals surface area contributed by atoms with E-state index in [-0.39, 0.29) is 6.61 Å². The first-order valence-electron chi connectivity index (χ1n) is 5.38. The Bertz CT molecular complexity index is 467. The molecule has 0 amide bonds. The standard InChI is InChI=1S/C12H15ClN2O/c13-10-2-3-11-9(7-14-4-1-5-16)8-15-12(11)6-10/h2-3,6,8,14-16H,1,4-5,7H2. The monoisotopic (exact) mass is 238 g/mol. The number of aliphatic hydroxyl groups excluding tert-OH is 1. The number of benzene rings is 1. The Hall–Kier alpha value is -1.03. The molecule has 3 N–H and O–H groups in total.